The topological polar surface area (TPSA) is 132 Å². The molecule has 1 fully saturated rings. The van der Waals surface area contributed by atoms with Crippen LogP contribution in [0.1, 0.15) is 27.3 Å². The minimum absolute atomic E-state index is 0.0959. The van der Waals surface area contributed by atoms with Gasteiger partial charge in [0.15, 0.2) is 5.69 Å². The number of hydrogen-bond acceptors (Lipinski definition) is 7. The van der Waals surface area contributed by atoms with Crippen LogP contribution in [0.5, 0.6) is 0 Å². The van der Waals surface area contributed by atoms with Gasteiger partial charge in [0.05, 0.1) is 21.2 Å². The fourth-order valence-corrected chi connectivity index (χ4v) is 5.65. The largest absolute Gasteiger partial charge is 0.335 e. The van der Waals surface area contributed by atoms with Crippen molar-refractivity contribution < 1.29 is 18.1 Å². The Morgan fingerprint density at radius 2 is 1.74 bits per heavy atom. The first-order valence-electron chi connectivity index (χ1n) is 10.6. The summed E-state index contributed by atoms with van der Waals surface area (Å²) >= 11 is 0. The van der Waals surface area contributed by atoms with E-state index in [9.17, 15) is 23.3 Å². The van der Waals surface area contributed by atoms with Gasteiger partial charge in [-0.3, -0.25) is 14.9 Å². The number of nitro groups is 1. The number of piperazine rings is 1. The summed E-state index contributed by atoms with van der Waals surface area (Å²) in [4.78, 5) is 25.5. The van der Waals surface area contributed by atoms with Gasteiger partial charge in [-0.2, -0.15) is 4.31 Å². The molecule has 3 aromatic rings. The Labute approximate surface area is 196 Å². The van der Waals surface area contributed by atoms with Gasteiger partial charge >= 0.3 is 0 Å². The number of benzene rings is 2. The molecule has 0 radical (unpaired) electrons. The third-order valence-corrected chi connectivity index (χ3v) is 7.91. The van der Waals surface area contributed by atoms with Crippen molar-refractivity contribution in [2.45, 2.75) is 25.7 Å². The second-order valence-electron chi connectivity index (χ2n) is 8.18. The van der Waals surface area contributed by atoms with E-state index < -0.39 is 14.9 Å². The minimum atomic E-state index is -3.67. The first-order chi connectivity index (χ1) is 16.1. The van der Waals surface area contributed by atoms with Gasteiger partial charge < -0.3 is 4.90 Å². The number of carbonyl (C=O) groups excluding carboxylic acids is 1. The molecule has 0 atom stereocenters. The van der Waals surface area contributed by atoms with E-state index in [2.05, 4.69) is 10.3 Å². The minimum Gasteiger partial charge on any atom is -0.335 e. The van der Waals surface area contributed by atoms with Crippen LogP contribution in [0.15, 0.2) is 47.4 Å². The first-order valence-corrected chi connectivity index (χ1v) is 12.1. The van der Waals surface area contributed by atoms with Gasteiger partial charge in [0.1, 0.15) is 0 Å². The molecule has 0 bridgehead atoms. The van der Waals surface area contributed by atoms with E-state index in [4.69, 9.17) is 0 Å². The number of rotatable bonds is 5. The molecule has 1 aliphatic rings. The lowest BCUT2D eigenvalue weighted by molar-refractivity contribution is -0.384. The molecule has 1 saturated heterocycles. The summed E-state index contributed by atoms with van der Waals surface area (Å²) in [6, 6.07) is 11.2. The van der Waals surface area contributed by atoms with E-state index in [0.29, 0.717) is 16.9 Å². The third-order valence-electron chi connectivity index (χ3n) is 5.87. The Hall–Kier alpha value is -3.64. The highest BCUT2D eigenvalue weighted by molar-refractivity contribution is 7.89. The fraction of sp³-hybridized carbons (Fsp3) is 0.318. The van der Waals surface area contributed by atoms with Crippen molar-refractivity contribution in [2.24, 2.45) is 0 Å². The molecule has 2 heterocycles. The lowest BCUT2D eigenvalue weighted by Gasteiger charge is -2.34. The second-order valence-corrected chi connectivity index (χ2v) is 10.1. The number of aromatic nitrogens is 3. The quantitative estimate of drug-likeness (QED) is 0.401. The summed E-state index contributed by atoms with van der Waals surface area (Å²) in [6.07, 6.45) is 0. The van der Waals surface area contributed by atoms with Gasteiger partial charge in [-0.25, -0.2) is 13.1 Å². The molecule has 0 unspecified atom stereocenters. The molecule has 0 N–H and O–H groups in total. The zero-order valence-corrected chi connectivity index (χ0v) is 19.8. The molecule has 1 aliphatic heterocycles. The lowest BCUT2D eigenvalue weighted by atomic mass is 10.2. The number of aryl methyl sites for hydroxylation is 2. The van der Waals surface area contributed by atoms with E-state index in [0.717, 1.165) is 5.56 Å². The zero-order valence-electron chi connectivity index (χ0n) is 19.0. The van der Waals surface area contributed by atoms with Crippen molar-refractivity contribution in [1.82, 2.24) is 24.2 Å². The number of sulfonamides is 1. The van der Waals surface area contributed by atoms with Gasteiger partial charge in [-0.05, 0) is 44.0 Å². The van der Waals surface area contributed by atoms with Gasteiger partial charge in [0.25, 0.3) is 11.6 Å². The molecule has 0 aliphatic carbocycles. The maximum Gasteiger partial charge on any atom is 0.276 e. The normalized spacial score (nSPS) is 14.9. The predicted octanol–water partition coefficient (Wildman–Crippen LogP) is 2.25. The molecular formula is C22H24N6O5S. The Balaban J connectivity index is 1.50. The van der Waals surface area contributed by atoms with Gasteiger partial charge in [-0.1, -0.05) is 23.4 Å². The number of nitro benzene ring substituents is 1. The van der Waals surface area contributed by atoms with Gasteiger partial charge in [0, 0.05) is 38.3 Å². The van der Waals surface area contributed by atoms with Crippen LogP contribution in [0.2, 0.25) is 0 Å². The molecule has 1 amide bonds. The van der Waals surface area contributed by atoms with Gasteiger partial charge in [-0.15, -0.1) is 5.10 Å². The third kappa shape index (κ3) is 4.29. The molecule has 12 heteroatoms. The molecule has 4 rings (SSSR count). The predicted molar refractivity (Wildman–Crippen MR) is 123 cm³/mol. The molecule has 2 aromatic carbocycles. The van der Waals surface area contributed by atoms with Crippen molar-refractivity contribution in [3.8, 4) is 5.69 Å². The van der Waals surface area contributed by atoms with Crippen molar-refractivity contribution in [1.29, 1.82) is 0 Å². The number of nitrogens with zero attached hydrogens (tertiary/aromatic N) is 6. The number of amides is 1. The Kier molecular flexibility index (Phi) is 6.19. The Morgan fingerprint density at radius 1 is 1.03 bits per heavy atom. The monoisotopic (exact) mass is 484 g/mol. The van der Waals surface area contributed by atoms with Crippen LogP contribution >= 0.6 is 0 Å². The molecule has 0 saturated carbocycles. The molecule has 1 aromatic heterocycles. The summed E-state index contributed by atoms with van der Waals surface area (Å²) in [5.74, 6) is -0.363. The molecule has 178 valence electrons. The van der Waals surface area contributed by atoms with E-state index in [1.54, 1.807) is 36.9 Å². The van der Waals surface area contributed by atoms with E-state index in [-0.39, 0.29) is 48.4 Å². The second kappa shape index (κ2) is 8.95. The lowest BCUT2D eigenvalue weighted by Crippen LogP contribution is -2.50. The average molecular weight is 485 g/mol. The number of non-ortho nitro benzene ring substituents is 1. The van der Waals surface area contributed by atoms with Crippen LogP contribution in [0.4, 0.5) is 5.69 Å². The smallest absolute Gasteiger partial charge is 0.276 e. The van der Waals surface area contributed by atoms with Crippen molar-refractivity contribution >= 4 is 21.6 Å². The van der Waals surface area contributed by atoms with E-state index >= 15 is 0 Å². The maximum atomic E-state index is 13.1. The SMILES string of the molecule is Cc1ccc(C)c(S(=O)(=O)N2CCN(C(=O)c3nnn(-c4cccc([N+](=O)[O-])c4)c3C)CC2)c1. The molecule has 0 spiro atoms. The summed E-state index contributed by atoms with van der Waals surface area (Å²) in [6.45, 7) is 6.03. The fourth-order valence-electron chi connectivity index (χ4n) is 3.92. The highest BCUT2D eigenvalue weighted by atomic mass is 32.2. The molecular weight excluding hydrogens is 460 g/mol. The Bertz CT molecular complexity index is 1380. The van der Waals surface area contributed by atoms with Crippen LogP contribution < -0.4 is 0 Å². The van der Waals surface area contributed by atoms with Crippen molar-refractivity contribution in [3.05, 3.63) is 75.1 Å². The summed E-state index contributed by atoms with van der Waals surface area (Å²) < 4.78 is 29.1. The highest BCUT2D eigenvalue weighted by Gasteiger charge is 2.33. The standard InChI is InChI=1S/C22H24N6O5S/c1-15-7-8-16(2)20(13-15)34(32,33)26-11-9-25(10-12-26)22(29)21-17(3)27(24-23-21)18-5-4-6-19(14-18)28(30)31/h4-8,13-14H,9-12H2,1-3H3. The zero-order chi connectivity index (χ0) is 24.6. The first kappa shape index (κ1) is 23.5. The van der Waals surface area contributed by atoms with E-state index in [1.165, 1.54) is 27.2 Å². The molecule has 11 nitrogen and oxygen atoms in total. The summed E-state index contributed by atoms with van der Waals surface area (Å²) in [5, 5.41) is 19.1. The Morgan fingerprint density at radius 3 is 2.41 bits per heavy atom. The van der Waals surface area contributed by atoms with Crippen LogP contribution in [-0.2, 0) is 10.0 Å². The number of carbonyl (C=O) groups is 1. The van der Waals surface area contributed by atoms with Gasteiger partial charge in [0.2, 0.25) is 10.0 Å². The van der Waals surface area contributed by atoms with Crippen LogP contribution in [0.25, 0.3) is 5.69 Å². The number of hydrogen-bond donors (Lipinski definition) is 0. The van der Waals surface area contributed by atoms with Crippen molar-refractivity contribution in [2.75, 3.05) is 26.2 Å². The highest BCUT2D eigenvalue weighted by Crippen LogP contribution is 2.23. The summed E-state index contributed by atoms with van der Waals surface area (Å²) in [7, 11) is -3.67. The molecule has 34 heavy (non-hydrogen) atoms. The van der Waals surface area contributed by atoms with Crippen LogP contribution in [0, 0.1) is 30.9 Å². The average Bonchev–Trinajstić information content (AvgIpc) is 3.21. The van der Waals surface area contributed by atoms with Crippen LogP contribution in [-0.4, -0.2) is 69.6 Å². The van der Waals surface area contributed by atoms with E-state index in [1.807, 2.05) is 13.0 Å². The van der Waals surface area contributed by atoms with Crippen LogP contribution in [0.3, 0.4) is 0 Å². The summed E-state index contributed by atoms with van der Waals surface area (Å²) in [5.41, 5.74) is 2.43. The maximum absolute atomic E-state index is 13.1. The van der Waals surface area contributed by atoms with Crippen molar-refractivity contribution in [3.63, 3.8) is 0 Å².